The van der Waals surface area contributed by atoms with Gasteiger partial charge in [0, 0.05) is 45.3 Å². The molecule has 0 atom stereocenters. The summed E-state index contributed by atoms with van der Waals surface area (Å²) < 4.78 is 5.54. The molecule has 0 unspecified atom stereocenters. The van der Waals surface area contributed by atoms with Crippen molar-refractivity contribution in [3.05, 3.63) is 0 Å². The van der Waals surface area contributed by atoms with Crippen molar-refractivity contribution in [2.75, 3.05) is 59.5 Å². The van der Waals surface area contributed by atoms with Gasteiger partial charge in [0.25, 0.3) is 0 Å². The van der Waals surface area contributed by atoms with Crippen LogP contribution >= 0.6 is 0 Å². The van der Waals surface area contributed by atoms with Crippen LogP contribution in [0.3, 0.4) is 0 Å². The van der Waals surface area contributed by atoms with E-state index in [0.29, 0.717) is 19.0 Å². The first kappa shape index (κ1) is 19.9. The number of morpholine rings is 1. The van der Waals surface area contributed by atoms with Crippen molar-refractivity contribution in [3.63, 3.8) is 0 Å². The quantitative estimate of drug-likeness (QED) is 0.334. The summed E-state index contributed by atoms with van der Waals surface area (Å²) >= 11 is 0. The molecule has 3 N–H and O–H groups in total. The first-order valence-corrected chi connectivity index (χ1v) is 10.0. The lowest BCUT2D eigenvalue weighted by atomic mass is 9.80. The Morgan fingerprint density at radius 2 is 1.93 bits per heavy atom. The number of nitrogens with zero attached hydrogens (tertiary/aromatic N) is 3. The van der Waals surface area contributed by atoms with E-state index < -0.39 is 0 Å². The number of nitrogens with one attached hydrogen (secondary N) is 3. The van der Waals surface area contributed by atoms with Crippen LogP contribution in [0, 0.1) is 0 Å². The summed E-state index contributed by atoms with van der Waals surface area (Å²) in [4.78, 5) is 31.3. The Kier molecular flexibility index (Phi) is 6.89. The van der Waals surface area contributed by atoms with Gasteiger partial charge < -0.3 is 20.7 Å². The standard InChI is InChI=1S/C18H32N6O3/c1-19-16(20-7-8-24-15(25)13-21-17(24)26)22-14-18(5-3-2-4-6-18)23-9-11-27-12-10-23/h2-14H2,1H3,(H,21,26)(H2,19,20,22). The molecule has 9 nitrogen and oxygen atoms in total. The van der Waals surface area contributed by atoms with Gasteiger partial charge in [-0.3, -0.25) is 19.6 Å². The number of aliphatic imine (C=N–C) groups is 1. The first-order chi connectivity index (χ1) is 13.1. The van der Waals surface area contributed by atoms with Crippen molar-refractivity contribution in [1.29, 1.82) is 0 Å². The van der Waals surface area contributed by atoms with Gasteiger partial charge in [-0.15, -0.1) is 0 Å². The third kappa shape index (κ3) is 4.90. The molecule has 3 fully saturated rings. The van der Waals surface area contributed by atoms with E-state index in [1.165, 1.54) is 37.0 Å². The molecule has 3 aliphatic rings. The van der Waals surface area contributed by atoms with Crippen LogP contribution in [-0.2, 0) is 9.53 Å². The van der Waals surface area contributed by atoms with Crippen LogP contribution in [0.2, 0.25) is 0 Å². The molecular weight excluding hydrogens is 348 g/mol. The Bertz CT molecular complexity index is 539. The molecule has 2 heterocycles. The van der Waals surface area contributed by atoms with E-state index in [9.17, 15) is 9.59 Å². The van der Waals surface area contributed by atoms with Crippen LogP contribution in [0.15, 0.2) is 4.99 Å². The normalized spacial score (nSPS) is 24.0. The van der Waals surface area contributed by atoms with Gasteiger partial charge in [0.1, 0.15) is 0 Å². The average molecular weight is 380 g/mol. The van der Waals surface area contributed by atoms with Crippen LogP contribution in [-0.4, -0.2) is 92.8 Å². The molecule has 3 rings (SSSR count). The second-order valence-electron chi connectivity index (χ2n) is 7.44. The van der Waals surface area contributed by atoms with Gasteiger partial charge in [0.2, 0.25) is 5.91 Å². The Hall–Kier alpha value is -1.87. The molecule has 27 heavy (non-hydrogen) atoms. The number of guanidine groups is 1. The number of carbonyl (C=O) groups is 2. The topological polar surface area (TPSA) is 98.3 Å². The molecule has 0 aromatic rings. The van der Waals surface area contributed by atoms with E-state index in [-0.39, 0.29) is 24.0 Å². The Morgan fingerprint density at radius 3 is 2.56 bits per heavy atom. The Labute approximate surface area is 160 Å². The van der Waals surface area contributed by atoms with Crippen molar-refractivity contribution in [3.8, 4) is 0 Å². The van der Waals surface area contributed by atoms with E-state index in [0.717, 1.165) is 32.8 Å². The van der Waals surface area contributed by atoms with Crippen LogP contribution < -0.4 is 16.0 Å². The molecule has 152 valence electrons. The number of imide groups is 1. The zero-order valence-electron chi connectivity index (χ0n) is 16.3. The molecule has 0 radical (unpaired) electrons. The molecule has 0 aromatic heterocycles. The summed E-state index contributed by atoms with van der Waals surface area (Å²) in [6.07, 6.45) is 6.22. The van der Waals surface area contributed by atoms with E-state index in [1.807, 2.05) is 0 Å². The van der Waals surface area contributed by atoms with E-state index >= 15 is 0 Å². The summed E-state index contributed by atoms with van der Waals surface area (Å²) in [5, 5.41) is 9.23. The van der Waals surface area contributed by atoms with Crippen molar-refractivity contribution in [2.24, 2.45) is 4.99 Å². The van der Waals surface area contributed by atoms with Crippen molar-refractivity contribution < 1.29 is 14.3 Å². The van der Waals surface area contributed by atoms with Crippen LogP contribution in [0.1, 0.15) is 32.1 Å². The monoisotopic (exact) mass is 380 g/mol. The van der Waals surface area contributed by atoms with E-state index in [2.05, 4.69) is 25.8 Å². The van der Waals surface area contributed by atoms with Crippen molar-refractivity contribution in [1.82, 2.24) is 25.8 Å². The van der Waals surface area contributed by atoms with E-state index in [1.54, 1.807) is 7.05 Å². The minimum atomic E-state index is -0.321. The molecule has 9 heteroatoms. The van der Waals surface area contributed by atoms with Crippen LogP contribution in [0.4, 0.5) is 4.79 Å². The third-order valence-corrected chi connectivity index (χ3v) is 5.84. The van der Waals surface area contributed by atoms with Gasteiger partial charge in [-0.2, -0.15) is 0 Å². The molecule has 2 aliphatic heterocycles. The fourth-order valence-electron chi connectivity index (χ4n) is 4.29. The second-order valence-corrected chi connectivity index (χ2v) is 7.44. The summed E-state index contributed by atoms with van der Waals surface area (Å²) in [5.41, 5.74) is 0.157. The second kappa shape index (κ2) is 9.36. The van der Waals surface area contributed by atoms with Gasteiger partial charge in [-0.1, -0.05) is 19.3 Å². The van der Waals surface area contributed by atoms with Crippen molar-refractivity contribution >= 4 is 17.9 Å². The molecule has 1 aliphatic carbocycles. The van der Waals surface area contributed by atoms with Gasteiger partial charge >= 0.3 is 6.03 Å². The van der Waals surface area contributed by atoms with Crippen molar-refractivity contribution in [2.45, 2.75) is 37.6 Å². The lowest BCUT2D eigenvalue weighted by Crippen LogP contribution is -2.60. The minimum absolute atomic E-state index is 0.0911. The molecular formula is C18H32N6O3. The fourth-order valence-corrected chi connectivity index (χ4v) is 4.29. The number of ether oxygens (including phenoxy) is 1. The van der Waals surface area contributed by atoms with Gasteiger partial charge in [0.15, 0.2) is 5.96 Å². The Balaban J connectivity index is 1.50. The third-order valence-electron chi connectivity index (χ3n) is 5.84. The summed E-state index contributed by atoms with van der Waals surface area (Å²) in [6, 6.07) is -0.321. The zero-order valence-corrected chi connectivity index (χ0v) is 16.3. The maximum absolute atomic E-state index is 11.6. The highest BCUT2D eigenvalue weighted by Crippen LogP contribution is 2.33. The highest BCUT2D eigenvalue weighted by molar-refractivity contribution is 6.01. The largest absolute Gasteiger partial charge is 0.379 e. The lowest BCUT2D eigenvalue weighted by molar-refractivity contribution is -0.124. The van der Waals surface area contributed by atoms with Crippen LogP contribution in [0.5, 0.6) is 0 Å². The fraction of sp³-hybridized carbons (Fsp3) is 0.833. The summed E-state index contributed by atoms with van der Waals surface area (Å²) in [5.74, 6) is 0.526. The predicted octanol–water partition coefficient (Wildman–Crippen LogP) is -0.262. The lowest BCUT2D eigenvalue weighted by Gasteiger charge is -2.48. The van der Waals surface area contributed by atoms with Crippen LogP contribution in [0.25, 0.3) is 0 Å². The molecule has 0 bridgehead atoms. The maximum Gasteiger partial charge on any atom is 0.324 e. The maximum atomic E-state index is 11.6. The first-order valence-electron chi connectivity index (χ1n) is 10.0. The smallest absolute Gasteiger partial charge is 0.324 e. The average Bonchev–Trinajstić information content (AvgIpc) is 3.04. The molecule has 0 aromatic carbocycles. The predicted molar refractivity (Wildman–Crippen MR) is 103 cm³/mol. The molecule has 1 saturated carbocycles. The van der Waals surface area contributed by atoms with Gasteiger partial charge in [-0.25, -0.2) is 4.79 Å². The number of urea groups is 1. The number of rotatable bonds is 6. The van der Waals surface area contributed by atoms with Gasteiger partial charge in [0.05, 0.1) is 19.8 Å². The number of hydrogen-bond donors (Lipinski definition) is 3. The van der Waals surface area contributed by atoms with E-state index in [4.69, 9.17) is 4.74 Å². The summed E-state index contributed by atoms with van der Waals surface area (Å²) in [6.45, 7) is 5.33. The minimum Gasteiger partial charge on any atom is -0.379 e. The molecule has 0 spiro atoms. The Morgan fingerprint density at radius 1 is 1.19 bits per heavy atom. The zero-order chi connectivity index (χ0) is 19.1. The number of amides is 3. The highest BCUT2D eigenvalue weighted by Gasteiger charge is 2.38. The summed E-state index contributed by atoms with van der Waals surface area (Å²) in [7, 11) is 1.74. The molecule has 3 amide bonds. The van der Waals surface area contributed by atoms with Gasteiger partial charge in [-0.05, 0) is 12.8 Å². The SMILES string of the molecule is CN=C(NCCN1C(=O)CNC1=O)NCC1(N2CCOCC2)CCCCC1. The molecule has 2 saturated heterocycles. The number of hydrogen-bond acceptors (Lipinski definition) is 5. The number of carbonyl (C=O) groups excluding carboxylic acids is 2. The highest BCUT2D eigenvalue weighted by atomic mass is 16.5.